The molecule has 1 N–H and O–H groups in total. The van der Waals surface area contributed by atoms with E-state index >= 15 is 0 Å². The first-order chi connectivity index (χ1) is 9.19. The molecule has 0 spiro atoms. The SMILES string of the molecule is COC(=O)Cc1csc(NC(=O)c2cncnc2)n1. The van der Waals surface area contributed by atoms with Crippen LogP contribution in [0, 0.1) is 0 Å². The molecule has 0 aliphatic rings. The monoisotopic (exact) mass is 278 g/mol. The van der Waals surface area contributed by atoms with Gasteiger partial charge >= 0.3 is 5.97 Å². The molecule has 0 saturated heterocycles. The van der Waals surface area contributed by atoms with Gasteiger partial charge in [0.05, 0.1) is 24.8 Å². The van der Waals surface area contributed by atoms with Gasteiger partial charge in [-0.3, -0.25) is 14.9 Å². The van der Waals surface area contributed by atoms with E-state index in [-0.39, 0.29) is 18.3 Å². The number of carbonyl (C=O) groups is 2. The highest BCUT2D eigenvalue weighted by Gasteiger charge is 2.11. The van der Waals surface area contributed by atoms with Crippen molar-refractivity contribution in [1.29, 1.82) is 0 Å². The molecule has 0 unspecified atom stereocenters. The largest absolute Gasteiger partial charge is 0.469 e. The number of ether oxygens (including phenoxy) is 1. The molecule has 0 fully saturated rings. The van der Waals surface area contributed by atoms with Crippen LogP contribution >= 0.6 is 11.3 Å². The lowest BCUT2D eigenvalue weighted by Crippen LogP contribution is -2.12. The molecule has 2 aromatic heterocycles. The second kappa shape index (κ2) is 6.01. The second-order valence-corrected chi connectivity index (χ2v) is 4.34. The van der Waals surface area contributed by atoms with Crippen LogP contribution in [-0.2, 0) is 16.0 Å². The quantitative estimate of drug-likeness (QED) is 0.835. The lowest BCUT2D eigenvalue weighted by molar-refractivity contribution is -0.139. The minimum absolute atomic E-state index is 0.0807. The van der Waals surface area contributed by atoms with Gasteiger partial charge in [0.15, 0.2) is 5.13 Å². The van der Waals surface area contributed by atoms with Crippen molar-refractivity contribution in [2.45, 2.75) is 6.42 Å². The fourth-order valence-corrected chi connectivity index (χ4v) is 1.96. The normalized spacial score (nSPS) is 9.95. The van der Waals surface area contributed by atoms with Crippen LogP contribution < -0.4 is 5.32 Å². The zero-order valence-electron chi connectivity index (χ0n) is 9.99. The van der Waals surface area contributed by atoms with E-state index in [1.807, 2.05) is 0 Å². The van der Waals surface area contributed by atoms with Gasteiger partial charge in [-0.1, -0.05) is 0 Å². The Balaban J connectivity index is 2.00. The molecule has 2 heterocycles. The third-order valence-corrected chi connectivity index (χ3v) is 2.95. The number of esters is 1. The number of thiazole rings is 1. The van der Waals surface area contributed by atoms with Crippen LogP contribution in [0.15, 0.2) is 24.1 Å². The van der Waals surface area contributed by atoms with Gasteiger partial charge in [-0.2, -0.15) is 0 Å². The summed E-state index contributed by atoms with van der Waals surface area (Å²) >= 11 is 1.23. The Bertz CT molecular complexity index is 585. The first kappa shape index (κ1) is 13.1. The number of hydrogen-bond acceptors (Lipinski definition) is 7. The van der Waals surface area contributed by atoms with E-state index in [4.69, 9.17) is 0 Å². The van der Waals surface area contributed by atoms with Crippen molar-refractivity contribution >= 4 is 28.3 Å². The number of nitrogens with zero attached hydrogens (tertiary/aromatic N) is 3. The summed E-state index contributed by atoms with van der Waals surface area (Å²) < 4.78 is 4.54. The van der Waals surface area contributed by atoms with Crippen molar-refractivity contribution in [2.75, 3.05) is 12.4 Å². The fraction of sp³-hybridized carbons (Fsp3) is 0.182. The van der Waals surface area contributed by atoms with E-state index in [2.05, 4.69) is 25.0 Å². The average Bonchev–Trinajstić information content (AvgIpc) is 2.86. The number of aromatic nitrogens is 3. The highest BCUT2D eigenvalue weighted by atomic mass is 32.1. The summed E-state index contributed by atoms with van der Waals surface area (Å²) in [7, 11) is 1.31. The number of rotatable bonds is 4. The smallest absolute Gasteiger partial charge is 0.311 e. The minimum atomic E-state index is -0.375. The predicted octanol–water partition coefficient (Wildman–Crippen LogP) is 0.901. The van der Waals surface area contributed by atoms with Gasteiger partial charge in [0.25, 0.3) is 5.91 Å². The molecule has 2 rings (SSSR count). The van der Waals surface area contributed by atoms with Gasteiger partial charge in [0.2, 0.25) is 0 Å². The number of carbonyl (C=O) groups excluding carboxylic acids is 2. The summed E-state index contributed by atoms with van der Waals surface area (Å²) in [5.41, 5.74) is 0.892. The van der Waals surface area contributed by atoms with Gasteiger partial charge < -0.3 is 4.74 Å². The summed E-state index contributed by atoms with van der Waals surface area (Å²) in [5.74, 6) is -0.723. The zero-order chi connectivity index (χ0) is 13.7. The molecule has 0 radical (unpaired) electrons. The molecular formula is C11H10N4O3S. The van der Waals surface area contributed by atoms with Crippen molar-refractivity contribution in [3.8, 4) is 0 Å². The van der Waals surface area contributed by atoms with Gasteiger partial charge in [-0.15, -0.1) is 11.3 Å². The zero-order valence-corrected chi connectivity index (χ0v) is 10.8. The molecule has 0 aromatic carbocycles. The van der Waals surface area contributed by atoms with E-state index in [1.165, 1.54) is 37.2 Å². The molecule has 0 aliphatic heterocycles. The first-order valence-corrected chi connectivity index (χ1v) is 6.14. The molecule has 8 heteroatoms. The summed E-state index contributed by atoms with van der Waals surface area (Å²) in [4.78, 5) is 34.5. The molecule has 98 valence electrons. The van der Waals surface area contributed by atoms with Crippen LogP contribution in [0.4, 0.5) is 5.13 Å². The molecule has 7 nitrogen and oxygen atoms in total. The third-order valence-electron chi connectivity index (χ3n) is 2.15. The van der Waals surface area contributed by atoms with Crippen molar-refractivity contribution < 1.29 is 14.3 Å². The van der Waals surface area contributed by atoms with Gasteiger partial charge in [0, 0.05) is 17.8 Å². The lowest BCUT2D eigenvalue weighted by Gasteiger charge is -1.99. The van der Waals surface area contributed by atoms with Crippen molar-refractivity contribution in [2.24, 2.45) is 0 Å². The van der Waals surface area contributed by atoms with E-state index in [0.29, 0.717) is 16.4 Å². The van der Waals surface area contributed by atoms with E-state index in [1.54, 1.807) is 5.38 Å². The Morgan fingerprint density at radius 2 is 2.11 bits per heavy atom. The van der Waals surface area contributed by atoms with Crippen LogP contribution in [0.3, 0.4) is 0 Å². The maximum atomic E-state index is 11.8. The van der Waals surface area contributed by atoms with Crippen LogP contribution in [-0.4, -0.2) is 33.9 Å². The molecule has 2 aromatic rings. The van der Waals surface area contributed by atoms with Crippen LogP contribution in [0.5, 0.6) is 0 Å². The van der Waals surface area contributed by atoms with Crippen molar-refractivity contribution in [3.63, 3.8) is 0 Å². The fourth-order valence-electron chi connectivity index (χ4n) is 1.25. The van der Waals surface area contributed by atoms with Gasteiger partial charge in [-0.05, 0) is 0 Å². The molecular weight excluding hydrogens is 268 g/mol. The number of hydrogen-bond donors (Lipinski definition) is 1. The van der Waals surface area contributed by atoms with E-state index < -0.39 is 0 Å². The highest BCUT2D eigenvalue weighted by molar-refractivity contribution is 7.14. The first-order valence-electron chi connectivity index (χ1n) is 5.26. The summed E-state index contributed by atoms with van der Waals surface area (Å²) in [5, 5.41) is 4.70. The Morgan fingerprint density at radius 1 is 1.37 bits per heavy atom. The van der Waals surface area contributed by atoms with Gasteiger partial charge in [0.1, 0.15) is 6.33 Å². The van der Waals surface area contributed by atoms with Crippen LogP contribution in [0.2, 0.25) is 0 Å². The third kappa shape index (κ3) is 3.55. The number of amides is 1. The number of anilines is 1. The van der Waals surface area contributed by atoms with E-state index in [9.17, 15) is 9.59 Å². The summed E-state index contributed by atoms with van der Waals surface area (Å²) in [6, 6.07) is 0. The number of methoxy groups -OCH3 is 1. The molecule has 19 heavy (non-hydrogen) atoms. The Morgan fingerprint density at radius 3 is 2.79 bits per heavy atom. The molecule has 0 saturated carbocycles. The van der Waals surface area contributed by atoms with Crippen LogP contribution in [0.1, 0.15) is 16.1 Å². The second-order valence-electron chi connectivity index (χ2n) is 3.48. The van der Waals surface area contributed by atoms with Crippen molar-refractivity contribution in [3.05, 3.63) is 35.4 Å². The maximum absolute atomic E-state index is 11.8. The lowest BCUT2D eigenvalue weighted by atomic mass is 10.3. The summed E-state index contributed by atoms with van der Waals surface area (Å²) in [6.07, 6.45) is 4.24. The van der Waals surface area contributed by atoms with Crippen molar-refractivity contribution in [1.82, 2.24) is 15.0 Å². The highest BCUT2D eigenvalue weighted by Crippen LogP contribution is 2.16. The maximum Gasteiger partial charge on any atom is 0.311 e. The minimum Gasteiger partial charge on any atom is -0.469 e. The molecule has 0 aliphatic carbocycles. The van der Waals surface area contributed by atoms with Gasteiger partial charge in [-0.25, -0.2) is 15.0 Å². The summed E-state index contributed by atoms with van der Waals surface area (Å²) in [6.45, 7) is 0. The molecule has 0 atom stereocenters. The Kier molecular flexibility index (Phi) is 4.14. The van der Waals surface area contributed by atoms with Crippen LogP contribution in [0.25, 0.3) is 0 Å². The average molecular weight is 278 g/mol. The number of nitrogens with one attached hydrogen (secondary N) is 1. The standard InChI is InChI=1S/C11H10N4O3S/c1-18-9(16)2-8-5-19-11(14-8)15-10(17)7-3-12-6-13-4-7/h3-6H,2H2,1H3,(H,14,15,17). The van der Waals surface area contributed by atoms with E-state index in [0.717, 1.165) is 0 Å². The topological polar surface area (TPSA) is 94.1 Å². The Hall–Kier alpha value is -2.35. The molecule has 0 bridgehead atoms. The Labute approximate surface area is 112 Å². The molecule has 1 amide bonds. The predicted molar refractivity (Wildman–Crippen MR) is 67.8 cm³/mol.